The molecule has 0 atom stereocenters. The standard InChI is InChI=1S/C18H34N6/c1-5-16-15(17(6-2)23(4)22-16)14-21-18(19-3)20-10-13-24-11-8-7-9-12-24/h5-14H2,1-4H3,(H2,19,20,21). The zero-order chi connectivity index (χ0) is 17.4. The molecule has 0 aliphatic carbocycles. The van der Waals surface area contributed by atoms with E-state index in [1.165, 1.54) is 49.3 Å². The number of piperidine rings is 1. The van der Waals surface area contributed by atoms with E-state index < -0.39 is 0 Å². The van der Waals surface area contributed by atoms with Gasteiger partial charge in [-0.1, -0.05) is 20.3 Å². The van der Waals surface area contributed by atoms with E-state index in [-0.39, 0.29) is 0 Å². The summed E-state index contributed by atoms with van der Waals surface area (Å²) in [4.78, 5) is 6.89. The molecule has 1 aromatic heterocycles. The molecule has 0 unspecified atom stereocenters. The number of guanidine groups is 1. The van der Waals surface area contributed by atoms with Crippen molar-refractivity contribution in [3.63, 3.8) is 0 Å². The lowest BCUT2D eigenvalue weighted by molar-refractivity contribution is 0.232. The van der Waals surface area contributed by atoms with Gasteiger partial charge in [0.25, 0.3) is 0 Å². The van der Waals surface area contributed by atoms with Crippen LogP contribution in [0.4, 0.5) is 0 Å². The number of aliphatic imine (C=N–C) groups is 1. The summed E-state index contributed by atoms with van der Waals surface area (Å²) in [5, 5.41) is 11.5. The Labute approximate surface area is 146 Å². The Morgan fingerprint density at radius 2 is 1.88 bits per heavy atom. The molecule has 6 heteroatoms. The van der Waals surface area contributed by atoms with E-state index in [1.54, 1.807) is 0 Å². The second kappa shape index (κ2) is 9.67. The van der Waals surface area contributed by atoms with E-state index in [1.807, 2.05) is 18.8 Å². The molecule has 1 fully saturated rings. The molecule has 0 radical (unpaired) electrons. The van der Waals surface area contributed by atoms with Crippen LogP contribution >= 0.6 is 0 Å². The molecule has 1 saturated heterocycles. The van der Waals surface area contributed by atoms with Crippen LogP contribution in [-0.2, 0) is 26.4 Å². The largest absolute Gasteiger partial charge is 0.355 e. The average Bonchev–Trinajstić information content (AvgIpc) is 2.93. The zero-order valence-electron chi connectivity index (χ0n) is 15.9. The monoisotopic (exact) mass is 334 g/mol. The van der Waals surface area contributed by atoms with Crippen LogP contribution in [0.3, 0.4) is 0 Å². The van der Waals surface area contributed by atoms with Crippen LogP contribution in [0.15, 0.2) is 4.99 Å². The Balaban J connectivity index is 1.83. The van der Waals surface area contributed by atoms with Crippen molar-refractivity contribution >= 4 is 5.96 Å². The number of aryl methyl sites for hydroxylation is 2. The SMILES string of the molecule is CCc1nn(C)c(CC)c1CNC(=NC)NCCN1CCCCC1. The molecule has 136 valence electrons. The van der Waals surface area contributed by atoms with Gasteiger partial charge in [0.2, 0.25) is 0 Å². The fourth-order valence-corrected chi connectivity index (χ4v) is 3.50. The molecule has 0 aromatic carbocycles. The molecule has 2 heterocycles. The molecule has 2 rings (SSSR count). The summed E-state index contributed by atoms with van der Waals surface area (Å²) < 4.78 is 2.02. The highest BCUT2D eigenvalue weighted by Crippen LogP contribution is 2.15. The first-order valence-corrected chi connectivity index (χ1v) is 9.40. The second-order valence-corrected chi connectivity index (χ2v) is 6.46. The molecule has 6 nitrogen and oxygen atoms in total. The number of rotatable bonds is 7. The number of aromatic nitrogens is 2. The minimum atomic E-state index is 0.781. The highest BCUT2D eigenvalue weighted by atomic mass is 15.3. The van der Waals surface area contributed by atoms with Gasteiger partial charge in [-0.05, 0) is 38.8 Å². The first kappa shape index (κ1) is 18.8. The highest BCUT2D eigenvalue weighted by Gasteiger charge is 2.14. The van der Waals surface area contributed by atoms with Gasteiger partial charge in [0, 0.05) is 45.0 Å². The topological polar surface area (TPSA) is 57.5 Å². The first-order valence-electron chi connectivity index (χ1n) is 9.40. The molecule has 2 N–H and O–H groups in total. The Morgan fingerprint density at radius 1 is 1.12 bits per heavy atom. The van der Waals surface area contributed by atoms with Crippen molar-refractivity contribution in [3.05, 3.63) is 17.0 Å². The normalized spacial score (nSPS) is 16.4. The van der Waals surface area contributed by atoms with E-state index in [2.05, 4.69) is 39.5 Å². The van der Waals surface area contributed by atoms with E-state index in [0.717, 1.165) is 38.4 Å². The number of hydrogen-bond acceptors (Lipinski definition) is 3. The van der Waals surface area contributed by atoms with Gasteiger partial charge in [0.05, 0.1) is 5.69 Å². The third kappa shape index (κ3) is 4.97. The van der Waals surface area contributed by atoms with E-state index >= 15 is 0 Å². The van der Waals surface area contributed by atoms with Crippen LogP contribution in [0, 0.1) is 0 Å². The minimum Gasteiger partial charge on any atom is -0.355 e. The summed E-state index contributed by atoms with van der Waals surface area (Å²) >= 11 is 0. The van der Waals surface area contributed by atoms with Gasteiger partial charge in [-0.3, -0.25) is 9.67 Å². The van der Waals surface area contributed by atoms with Crippen molar-refractivity contribution in [2.24, 2.45) is 12.0 Å². The Kier molecular flexibility index (Phi) is 7.56. The molecule has 24 heavy (non-hydrogen) atoms. The van der Waals surface area contributed by atoms with Gasteiger partial charge < -0.3 is 15.5 Å². The van der Waals surface area contributed by atoms with Crippen molar-refractivity contribution in [1.29, 1.82) is 0 Å². The lowest BCUT2D eigenvalue weighted by Crippen LogP contribution is -2.42. The predicted octanol–water partition coefficient (Wildman–Crippen LogP) is 1.70. The van der Waals surface area contributed by atoms with Gasteiger partial charge in [-0.15, -0.1) is 0 Å². The molecule has 0 bridgehead atoms. The van der Waals surface area contributed by atoms with Crippen molar-refractivity contribution < 1.29 is 0 Å². The van der Waals surface area contributed by atoms with E-state index in [9.17, 15) is 0 Å². The Morgan fingerprint density at radius 3 is 2.50 bits per heavy atom. The minimum absolute atomic E-state index is 0.781. The van der Waals surface area contributed by atoms with Gasteiger partial charge >= 0.3 is 0 Å². The molecular formula is C18H34N6. The molecule has 1 aliphatic heterocycles. The predicted molar refractivity (Wildman–Crippen MR) is 100 cm³/mol. The average molecular weight is 335 g/mol. The van der Waals surface area contributed by atoms with Gasteiger partial charge in [0.15, 0.2) is 5.96 Å². The number of nitrogens with zero attached hydrogens (tertiary/aromatic N) is 4. The molecule has 1 aliphatic rings. The smallest absolute Gasteiger partial charge is 0.191 e. The van der Waals surface area contributed by atoms with Crippen LogP contribution in [0.1, 0.15) is 50.1 Å². The number of likely N-dealkylation sites (tertiary alicyclic amines) is 1. The highest BCUT2D eigenvalue weighted by molar-refractivity contribution is 5.79. The maximum atomic E-state index is 4.64. The molecule has 0 spiro atoms. The van der Waals surface area contributed by atoms with E-state index in [4.69, 9.17) is 0 Å². The van der Waals surface area contributed by atoms with Crippen molar-refractivity contribution in [1.82, 2.24) is 25.3 Å². The van der Waals surface area contributed by atoms with Crippen LogP contribution in [0.2, 0.25) is 0 Å². The second-order valence-electron chi connectivity index (χ2n) is 6.46. The Hall–Kier alpha value is -1.56. The number of hydrogen-bond donors (Lipinski definition) is 2. The quantitative estimate of drug-likeness (QED) is 0.589. The maximum absolute atomic E-state index is 4.64. The summed E-state index contributed by atoms with van der Waals surface area (Å²) in [7, 11) is 3.87. The summed E-state index contributed by atoms with van der Waals surface area (Å²) in [6.45, 7) is 9.64. The summed E-state index contributed by atoms with van der Waals surface area (Å²) in [6.07, 6.45) is 6.03. The van der Waals surface area contributed by atoms with Crippen LogP contribution in [0.25, 0.3) is 0 Å². The van der Waals surface area contributed by atoms with Gasteiger partial charge in [-0.25, -0.2) is 0 Å². The lowest BCUT2D eigenvalue weighted by Gasteiger charge is -2.26. The first-order chi connectivity index (χ1) is 11.7. The molecular weight excluding hydrogens is 300 g/mol. The van der Waals surface area contributed by atoms with Gasteiger partial charge in [-0.2, -0.15) is 5.10 Å². The third-order valence-electron chi connectivity index (χ3n) is 4.85. The number of nitrogens with one attached hydrogen (secondary N) is 2. The van der Waals surface area contributed by atoms with Crippen molar-refractivity contribution in [2.75, 3.05) is 33.2 Å². The van der Waals surface area contributed by atoms with Crippen LogP contribution < -0.4 is 10.6 Å². The fraction of sp³-hybridized carbons (Fsp3) is 0.778. The third-order valence-corrected chi connectivity index (χ3v) is 4.85. The van der Waals surface area contributed by atoms with Crippen molar-refractivity contribution in [2.45, 2.75) is 52.5 Å². The molecule has 1 aromatic rings. The lowest BCUT2D eigenvalue weighted by atomic mass is 10.1. The maximum Gasteiger partial charge on any atom is 0.191 e. The van der Waals surface area contributed by atoms with Crippen LogP contribution in [-0.4, -0.2) is 53.9 Å². The summed E-state index contributed by atoms with van der Waals surface area (Å²) in [6, 6.07) is 0. The van der Waals surface area contributed by atoms with Crippen LogP contribution in [0.5, 0.6) is 0 Å². The van der Waals surface area contributed by atoms with Crippen molar-refractivity contribution in [3.8, 4) is 0 Å². The van der Waals surface area contributed by atoms with E-state index in [0.29, 0.717) is 0 Å². The Bertz CT molecular complexity index is 528. The summed E-state index contributed by atoms with van der Waals surface area (Å²) in [5.74, 6) is 0.875. The zero-order valence-corrected chi connectivity index (χ0v) is 15.9. The summed E-state index contributed by atoms with van der Waals surface area (Å²) in [5.41, 5.74) is 3.82. The molecule has 0 amide bonds. The van der Waals surface area contributed by atoms with Gasteiger partial charge in [0.1, 0.15) is 0 Å². The fourth-order valence-electron chi connectivity index (χ4n) is 3.50. The molecule has 0 saturated carbocycles.